The molecule has 0 saturated carbocycles. The number of aromatic nitrogens is 2. The van der Waals surface area contributed by atoms with Crippen LogP contribution >= 0.6 is 0 Å². The fourth-order valence-corrected chi connectivity index (χ4v) is 2.52. The maximum Gasteiger partial charge on any atom is 0.283 e. The van der Waals surface area contributed by atoms with Crippen molar-refractivity contribution in [1.82, 2.24) is 15.1 Å². The smallest absolute Gasteiger partial charge is 0.283 e. The number of aliphatic hydroxyl groups is 1. The molecular formula is C14H19N3O4. The molecule has 1 N–H and O–H groups in total. The number of ether oxygens (including phenoxy) is 1. The van der Waals surface area contributed by atoms with Crippen LogP contribution in [0.3, 0.4) is 0 Å². The molecule has 7 heteroatoms. The van der Waals surface area contributed by atoms with Crippen molar-refractivity contribution in [2.45, 2.75) is 25.0 Å². The predicted molar refractivity (Wildman–Crippen MR) is 73.3 cm³/mol. The first-order chi connectivity index (χ1) is 10.1. The lowest BCUT2D eigenvalue weighted by molar-refractivity contribution is -0.0783. The van der Waals surface area contributed by atoms with E-state index < -0.39 is 5.60 Å². The van der Waals surface area contributed by atoms with E-state index in [2.05, 4.69) is 10.2 Å². The summed E-state index contributed by atoms with van der Waals surface area (Å²) in [6, 6.07) is 3.54. The van der Waals surface area contributed by atoms with E-state index in [0.717, 1.165) is 0 Å². The second-order valence-electron chi connectivity index (χ2n) is 5.49. The largest absolute Gasteiger partial charge is 0.459 e. The molecule has 21 heavy (non-hydrogen) atoms. The van der Waals surface area contributed by atoms with Gasteiger partial charge in [0.1, 0.15) is 0 Å². The fraction of sp³-hybridized carbons (Fsp3) is 0.571. The summed E-state index contributed by atoms with van der Waals surface area (Å²) in [6.07, 6.45) is 2.86. The molecule has 3 heterocycles. The Hall–Kier alpha value is -1.70. The van der Waals surface area contributed by atoms with Gasteiger partial charge in [0.25, 0.3) is 5.89 Å². The maximum atomic E-state index is 10.5. The molecule has 1 aliphatic rings. The molecule has 1 fully saturated rings. The van der Waals surface area contributed by atoms with Gasteiger partial charge < -0.3 is 18.7 Å². The van der Waals surface area contributed by atoms with Crippen LogP contribution in [0, 0.1) is 0 Å². The van der Waals surface area contributed by atoms with E-state index >= 15 is 0 Å². The first-order valence-electron chi connectivity index (χ1n) is 7.00. The summed E-state index contributed by atoms with van der Waals surface area (Å²) in [5, 5.41) is 18.4. The Morgan fingerprint density at radius 2 is 2.14 bits per heavy atom. The molecule has 0 aliphatic carbocycles. The second kappa shape index (κ2) is 5.97. The van der Waals surface area contributed by atoms with Crippen molar-refractivity contribution in [3.63, 3.8) is 0 Å². The molecule has 0 spiro atoms. The van der Waals surface area contributed by atoms with Crippen LogP contribution in [0.4, 0.5) is 0 Å². The summed E-state index contributed by atoms with van der Waals surface area (Å²) >= 11 is 0. The van der Waals surface area contributed by atoms with Crippen molar-refractivity contribution in [1.29, 1.82) is 0 Å². The molecule has 0 bridgehead atoms. The highest BCUT2D eigenvalue weighted by molar-refractivity contribution is 5.42. The third-order valence-corrected chi connectivity index (χ3v) is 3.59. The lowest BCUT2D eigenvalue weighted by Gasteiger charge is -2.35. The van der Waals surface area contributed by atoms with Crippen molar-refractivity contribution < 1.29 is 18.7 Å². The monoisotopic (exact) mass is 293 g/mol. The molecule has 1 aliphatic heterocycles. The van der Waals surface area contributed by atoms with Gasteiger partial charge >= 0.3 is 0 Å². The van der Waals surface area contributed by atoms with Gasteiger partial charge in [-0.05, 0) is 19.2 Å². The van der Waals surface area contributed by atoms with Crippen LogP contribution in [0.25, 0.3) is 11.7 Å². The summed E-state index contributed by atoms with van der Waals surface area (Å²) in [6.45, 7) is 2.24. The van der Waals surface area contributed by atoms with Crippen LogP contribution in [0.15, 0.2) is 27.2 Å². The second-order valence-corrected chi connectivity index (χ2v) is 5.49. The summed E-state index contributed by atoms with van der Waals surface area (Å²) in [5.41, 5.74) is -0.698. The predicted octanol–water partition coefficient (Wildman–Crippen LogP) is 1.30. The average Bonchev–Trinajstić information content (AvgIpc) is 3.08. The number of likely N-dealkylation sites (N-methyl/N-ethyl adjacent to an activating group) is 1. The first-order valence-corrected chi connectivity index (χ1v) is 7.00. The zero-order valence-corrected chi connectivity index (χ0v) is 12.0. The molecule has 114 valence electrons. The van der Waals surface area contributed by atoms with Crippen molar-refractivity contribution in [2.75, 3.05) is 26.8 Å². The van der Waals surface area contributed by atoms with Crippen molar-refractivity contribution in [2.24, 2.45) is 0 Å². The highest BCUT2D eigenvalue weighted by Gasteiger charge is 2.31. The van der Waals surface area contributed by atoms with E-state index in [1.807, 2.05) is 11.9 Å². The number of nitrogens with zero attached hydrogens (tertiary/aromatic N) is 3. The lowest BCUT2D eigenvalue weighted by atomic mass is 9.94. The molecule has 0 aromatic carbocycles. The summed E-state index contributed by atoms with van der Waals surface area (Å²) in [7, 11) is 1.92. The minimum absolute atomic E-state index is 0.369. The third-order valence-electron chi connectivity index (χ3n) is 3.59. The molecule has 0 atom stereocenters. The Morgan fingerprint density at radius 1 is 1.33 bits per heavy atom. The summed E-state index contributed by atoms with van der Waals surface area (Å²) in [5.74, 6) is 1.42. The molecule has 3 rings (SSSR count). The van der Waals surface area contributed by atoms with Gasteiger partial charge in [-0.25, -0.2) is 0 Å². The van der Waals surface area contributed by atoms with Crippen LogP contribution < -0.4 is 0 Å². The van der Waals surface area contributed by atoms with Gasteiger partial charge in [-0.3, -0.25) is 4.90 Å². The SMILES string of the molecule is CN(Cc1nnc(-c2ccco2)o1)CC1(O)CCOCC1. The maximum absolute atomic E-state index is 10.5. The van der Waals surface area contributed by atoms with Crippen molar-refractivity contribution in [3.05, 3.63) is 24.3 Å². The van der Waals surface area contributed by atoms with Gasteiger partial charge in [-0.1, -0.05) is 0 Å². The van der Waals surface area contributed by atoms with Gasteiger partial charge in [0.15, 0.2) is 5.76 Å². The van der Waals surface area contributed by atoms with E-state index in [-0.39, 0.29) is 0 Å². The molecular weight excluding hydrogens is 274 g/mol. The van der Waals surface area contributed by atoms with E-state index in [0.29, 0.717) is 56.7 Å². The fourth-order valence-electron chi connectivity index (χ4n) is 2.52. The normalized spacial score (nSPS) is 18.2. The Bertz CT molecular complexity index is 561. The highest BCUT2D eigenvalue weighted by Crippen LogP contribution is 2.22. The molecule has 2 aromatic heterocycles. The molecule has 7 nitrogen and oxygen atoms in total. The topological polar surface area (TPSA) is 84.8 Å². The zero-order chi connectivity index (χ0) is 14.7. The molecule has 0 amide bonds. The van der Waals surface area contributed by atoms with E-state index in [1.54, 1.807) is 18.4 Å². The molecule has 0 unspecified atom stereocenters. The van der Waals surface area contributed by atoms with E-state index in [1.165, 1.54) is 0 Å². The minimum Gasteiger partial charge on any atom is -0.459 e. The van der Waals surface area contributed by atoms with Gasteiger partial charge in [0.2, 0.25) is 5.89 Å². The lowest BCUT2D eigenvalue weighted by Crippen LogP contribution is -2.45. The summed E-state index contributed by atoms with van der Waals surface area (Å²) in [4.78, 5) is 1.98. The van der Waals surface area contributed by atoms with Crippen LogP contribution in [-0.4, -0.2) is 52.6 Å². The third kappa shape index (κ3) is 3.49. The Labute approximate surface area is 122 Å². The number of rotatable bonds is 5. The van der Waals surface area contributed by atoms with Gasteiger partial charge in [-0.2, -0.15) is 0 Å². The van der Waals surface area contributed by atoms with Gasteiger partial charge in [0, 0.05) is 32.6 Å². The van der Waals surface area contributed by atoms with Crippen molar-refractivity contribution >= 4 is 0 Å². The average molecular weight is 293 g/mol. The molecule has 1 saturated heterocycles. The van der Waals surface area contributed by atoms with Gasteiger partial charge in [-0.15, -0.1) is 10.2 Å². The van der Waals surface area contributed by atoms with Crippen molar-refractivity contribution in [3.8, 4) is 11.7 Å². The van der Waals surface area contributed by atoms with Crippen LogP contribution in [-0.2, 0) is 11.3 Å². The van der Waals surface area contributed by atoms with Gasteiger partial charge in [0.05, 0.1) is 18.4 Å². The van der Waals surface area contributed by atoms with Crippen LogP contribution in [0.5, 0.6) is 0 Å². The highest BCUT2D eigenvalue weighted by atomic mass is 16.5. The number of furan rings is 1. The molecule has 2 aromatic rings. The van der Waals surface area contributed by atoms with Crippen LogP contribution in [0.1, 0.15) is 18.7 Å². The van der Waals surface area contributed by atoms with Crippen LogP contribution in [0.2, 0.25) is 0 Å². The van der Waals surface area contributed by atoms with E-state index in [9.17, 15) is 5.11 Å². The number of hydrogen-bond donors (Lipinski definition) is 1. The summed E-state index contributed by atoms with van der Waals surface area (Å²) < 4.78 is 16.0. The minimum atomic E-state index is -0.698. The quantitative estimate of drug-likeness (QED) is 0.889. The Balaban J connectivity index is 1.58. The Morgan fingerprint density at radius 3 is 2.86 bits per heavy atom. The van der Waals surface area contributed by atoms with E-state index in [4.69, 9.17) is 13.6 Å². The zero-order valence-electron chi connectivity index (χ0n) is 12.0. The standard InChI is InChI=1S/C14H19N3O4/c1-17(10-14(18)4-7-19-8-5-14)9-12-15-16-13(21-12)11-3-2-6-20-11/h2-3,6,18H,4-5,7-10H2,1H3. The number of hydrogen-bond acceptors (Lipinski definition) is 7. The Kier molecular flexibility index (Phi) is 4.05. The molecule has 0 radical (unpaired) electrons. The first kappa shape index (κ1) is 14.2.